The number of aliphatic carboxylic acids is 1. The Morgan fingerprint density at radius 3 is 2.48 bits per heavy atom. The summed E-state index contributed by atoms with van der Waals surface area (Å²) in [6.45, 7) is 5.41. The fraction of sp³-hybridized carbons (Fsp3) is 0.529. The molecule has 126 valence electrons. The number of carboxylic acid groups (broad SMARTS) is 1. The van der Waals surface area contributed by atoms with E-state index in [1.54, 1.807) is 11.8 Å². The molecular weight excluding hydrogens is 316 g/mol. The van der Waals surface area contributed by atoms with Gasteiger partial charge in [-0.1, -0.05) is 30.7 Å². The Bertz CT molecular complexity index is 547. The maximum absolute atomic E-state index is 12.3. The van der Waals surface area contributed by atoms with Gasteiger partial charge >= 0.3 is 5.97 Å². The van der Waals surface area contributed by atoms with Crippen LogP contribution in [0.15, 0.2) is 24.3 Å². The Labute approximate surface area is 141 Å². The van der Waals surface area contributed by atoms with Crippen molar-refractivity contribution in [1.29, 1.82) is 0 Å². The van der Waals surface area contributed by atoms with E-state index in [2.05, 4.69) is 4.90 Å². The van der Waals surface area contributed by atoms with Gasteiger partial charge in [0.2, 0.25) is 5.91 Å². The van der Waals surface area contributed by atoms with Crippen molar-refractivity contribution in [3.63, 3.8) is 0 Å². The van der Waals surface area contributed by atoms with Gasteiger partial charge in [-0.15, -0.1) is 0 Å². The smallest absolute Gasteiger partial charge is 0.316 e. The highest BCUT2D eigenvalue weighted by Crippen LogP contribution is 2.15. The fourth-order valence-electron chi connectivity index (χ4n) is 2.87. The number of rotatable bonds is 5. The van der Waals surface area contributed by atoms with E-state index in [0.717, 1.165) is 31.1 Å². The van der Waals surface area contributed by atoms with Crippen molar-refractivity contribution in [2.75, 3.05) is 26.2 Å². The molecule has 1 aromatic carbocycles. The molecule has 5 nitrogen and oxygen atoms in total. The number of carbonyl (C=O) groups is 2. The van der Waals surface area contributed by atoms with Crippen molar-refractivity contribution in [1.82, 2.24) is 9.80 Å². The standard InChI is InChI=1S/C17H23ClN2O3/c1-2-15(17(22)23)16(21)20-9-3-8-19(10-11-20)12-13-4-6-14(18)7-5-13/h4-7,15H,2-3,8-12H2,1H3,(H,22,23). The molecule has 0 saturated carbocycles. The highest BCUT2D eigenvalue weighted by molar-refractivity contribution is 6.30. The number of hydrogen-bond donors (Lipinski definition) is 1. The monoisotopic (exact) mass is 338 g/mol. The van der Waals surface area contributed by atoms with E-state index in [9.17, 15) is 9.59 Å². The second-order valence-electron chi connectivity index (χ2n) is 5.88. The molecule has 23 heavy (non-hydrogen) atoms. The summed E-state index contributed by atoms with van der Waals surface area (Å²) >= 11 is 5.90. The number of benzene rings is 1. The molecule has 1 atom stereocenters. The van der Waals surface area contributed by atoms with Crippen molar-refractivity contribution in [2.45, 2.75) is 26.3 Å². The van der Waals surface area contributed by atoms with Gasteiger partial charge in [0.15, 0.2) is 0 Å². The van der Waals surface area contributed by atoms with Crippen molar-refractivity contribution >= 4 is 23.5 Å². The number of nitrogens with zero attached hydrogens (tertiary/aromatic N) is 2. The van der Waals surface area contributed by atoms with Crippen LogP contribution in [0.4, 0.5) is 0 Å². The van der Waals surface area contributed by atoms with E-state index in [4.69, 9.17) is 16.7 Å². The number of carbonyl (C=O) groups excluding carboxylic acids is 1. The normalized spacial score (nSPS) is 17.6. The van der Waals surface area contributed by atoms with Crippen molar-refractivity contribution in [3.05, 3.63) is 34.9 Å². The predicted molar refractivity (Wildman–Crippen MR) is 89.3 cm³/mol. The molecule has 1 heterocycles. The van der Waals surface area contributed by atoms with Crippen LogP contribution in [0, 0.1) is 5.92 Å². The summed E-state index contributed by atoms with van der Waals surface area (Å²) in [7, 11) is 0. The van der Waals surface area contributed by atoms with Crippen LogP contribution in [0.3, 0.4) is 0 Å². The maximum Gasteiger partial charge on any atom is 0.316 e. The van der Waals surface area contributed by atoms with Gasteiger partial charge in [-0.05, 0) is 30.5 Å². The lowest BCUT2D eigenvalue weighted by Crippen LogP contribution is -2.41. The van der Waals surface area contributed by atoms with Gasteiger partial charge < -0.3 is 10.0 Å². The van der Waals surface area contributed by atoms with Gasteiger partial charge in [-0.25, -0.2) is 0 Å². The Balaban J connectivity index is 1.92. The maximum atomic E-state index is 12.3. The lowest BCUT2D eigenvalue weighted by atomic mass is 10.1. The van der Waals surface area contributed by atoms with Gasteiger partial charge in [-0.3, -0.25) is 14.5 Å². The Hall–Kier alpha value is -1.59. The zero-order chi connectivity index (χ0) is 16.8. The molecule has 1 fully saturated rings. The van der Waals surface area contributed by atoms with E-state index < -0.39 is 11.9 Å². The van der Waals surface area contributed by atoms with Crippen molar-refractivity contribution < 1.29 is 14.7 Å². The molecule has 6 heteroatoms. The molecule has 1 N–H and O–H groups in total. The van der Waals surface area contributed by atoms with E-state index in [-0.39, 0.29) is 5.91 Å². The van der Waals surface area contributed by atoms with Gasteiger partial charge in [0.05, 0.1) is 0 Å². The largest absolute Gasteiger partial charge is 0.481 e. The summed E-state index contributed by atoms with van der Waals surface area (Å²) in [5.74, 6) is -2.20. The lowest BCUT2D eigenvalue weighted by Gasteiger charge is -2.24. The average Bonchev–Trinajstić information content (AvgIpc) is 2.75. The quantitative estimate of drug-likeness (QED) is 0.838. The van der Waals surface area contributed by atoms with Crippen LogP contribution in [0.1, 0.15) is 25.3 Å². The zero-order valence-corrected chi connectivity index (χ0v) is 14.1. The number of halogens is 1. The Morgan fingerprint density at radius 1 is 1.17 bits per heavy atom. The molecule has 1 amide bonds. The minimum absolute atomic E-state index is 0.256. The first-order valence-corrected chi connectivity index (χ1v) is 8.37. The van der Waals surface area contributed by atoms with E-state index >= 15 is 0 Å². The van der Waals surface area contributed by atoms with Crippen LogP contribution in [-0.2, 0) is 16.1 Å². The first-order valence-electron chi connectivity index (χ1n) is 7.99. The van der Waals surface area contributed by atoms with Gasteiger partial charge in [-0.2, -0.15) is 0 Å². The summed E-state index contributed by atoms with van der Waals surface area (Å²) in [6.07, 6.45) is 1.19. The molecule has 0 spiro atoms. The zero-order valence-electron chi connectivity index (χ0n) is 13.4. The number of carboxylic acids is 1. The van der Waals surface area contributed by atoms with Crippen LogP contribution in [0.2, 0.25) is 5.02 Å². The molecule has 0 radical (unpaired) electrons. The Morgan fingerprint density at radius 2 is 1.87 bits per heavy atom. The summed E-state index contributed by atoms with van der Waals surface area (Å²) in [6, 6.07) is 7.77. The molecule has 2 rings (SSSR count). The number of hydrogen-bond acceptors (Lipinski definition) is 3. The summed E-state index contributed by atoms with van der Waals surface area (Å²) < 4.78 is 0. The third-order valence-electron chi connectivity index (χ3n) is 4.22. The first-order chi connectivity index (χ1) is 11.0. The highest BCUT2D eigenvalue weighted by atomic mass is 35.5. The summed E-state index contributed by atoms with van der Waals surface area (Å²) in [4.78, 5) is 27.5. The fourth-order valence-corrected chi connectivity index (χ4v) is 3.00. The van der Waals surface area contributed by atoms with Gasteiger partial charge in [0.25, 0.3) is 0 Å². The van der Waals surface area contributed by atoms with Gasteiger partial charge in [0, 0.05) is 37.7 Å². The lowest BCUT2D eigenvalue weighted by molar-refractivity contribution is -0.151. The molecule has 0 aliphatic carbocycles. The average molecular weight is 339 g/mol. The summed E-state index contributed by atoms with van der Waals surface area (Å²) in [5.41, 5.74) is 1.19. The second kappa shape index (κ2) is 8.31. The minimum atomic E-state index is -1.03. The molecule has 0 bridgehead atoms. The SMILES string of the molecule is CCC(C(=O)O)C(=O)N1CCCN(Cc2ccc(Cl)cc2)CC1. The first kappa shape index (κ1) is 17.8. The van der Waals surface area contributed by atoms with Crippen molar-refractivity contribution in [3.8, 4) is 0 Å². The van der Waals surface area contributed by atoms with Crippen LogP contribution >= 0.6 is 11.6 Å². The third kappa shape index (κ3) is 4.94. The Kier molecular flexibility index (Phi) is 6.42. The third-order valence-corrected chi connectivity index (χ3v) is 4.48. The second-order valence-corrected chi connectivity index (χ2v) is 6.32. The van der Waals surface area contributed by atoms with Crippen LogP contribution in [0.5, 0.6) is 0 Å². The molecule has 1 aliphatic rings. The molecular formula is C17H23ClN2O3. The molecule has 1 aromatic rings. The molecule has 1 aliphatic heterocycles. The van der Waals surface area contributed by atoms with Crippen LogP contribution in [-0.4, -0.2) is 53.0 Å². The van der Waals surface area contributed by atoms with Crippen LogP contribution < -0.4 is 0 Å². The van der Waals surface area contributed by atoms with E-state index in [1.165, 1.54) is 5.56 Å². The summed E-state index contributed by atoms with van der Waals surface area (Å²) in [5, 5.41) is 9.87. The predicted octanol–water partition coefficient (Wildman–Crippen LogP) is 2.49. The molecule has 1 unspecified atom stereocenters. The molecule has 1 saturated heterocycles. The minimum Gasteiger partial charge on any atom is -0.481 e. The van der Waals surface area contributed by atoms with Crippen LogP contribution in [0.25, 0.3) is 0 Å². The highest BCUT2D eigenvalue weighted by Gasteiger charge is 2.29. The van der Waals surface area contributed by atoms with E-state index in [0.29, 0.717) is 19.5 Å². The number of amides is 1. The topological polar surface area (TPSA) is 60.9 Å². The molecule has 0 aromatic heterocycles. The van der Waals surface area contributed by atoms with Gasteiger partial charge in [0.1, 0.15) is 5.92 Å². The van der Waals surface area contributed by atoms with E-state index in [1.807, 2.05) is 24.3 Å². The van der Waals surface area contributed by atoms with Crippen molar-refractivity contribution in [2.24, 2.45) is 5.92 Å².